The number of hydrogen-bond acceptors (Lipinski definition) is 4. The summed E-state index contributed by atoms with van der Waals surface area (Å²) >= 11 is 0. The monoisotopic (exact) mass is 257 g/mol. The molecule has 2 aromatic rings. The first-order chi connectivity index (χ1) is 9.15. The number of para-hydroxylation sites is 1. The van der Waals surface area contributed by atoms with Crippen molar-refractivity contribution in [1.82, 2.24) is 10.2 Å². The lowest BCUT2D eigenvalue weighted by Crippen LogP contribution is -2.03. The Morgan fingerprint density at radius 3 is 2.58 bits per heavy atom. The van der Waals surface area contributed by atoms with Gasteiger partial charge in [0.1, 0.15) is 11.6 Å². The lowest BCUT2D eigenvalue weighted by molar-refractivity contribution is 0.318. The summed E-state index contributed by atoms with van der Waals surface area (Å²) in [4.78, 5) is 0. The second-order valence-electron chi connectivity index (χ2n) is 4.53. The van der Waals surface area contributed by atoms with E-state index in [9.17, 15) is 0 Å². The molecule has 0 aliphatic carbocycles. The zero-order valence-electron chi connectivity index (χ0n) is 11.6. The van der Waals surface area contributed by atoms with Crippen LogP contribution in [0.1, 0.15) is 24.5 Å². The molecule has 0 unspecified atom stereocenters. The van der Waals surface area contributed by atoms with E-state index >= 15 is 0 Å². The third-order valence-corrected chi connectivity index (χ3v) is 3.16. The van der Waals surface area contributed by atoms with Crippen molar-refractivity contribution in [3.8, 4) is 17.0 Å². The van der Waals surface area contributed by atoms with Crippen molar-refractivity contribution in [3.05, 3.63) is 35.4 Å². The van der Waals surface area contributed by atoms with Crippen LogP contribution in [0, 0.1) is 13.8 Å². The molecular formula is C15H19N3O. The van der Waals surface area contributed by atoms with Gasteiger partial charge in [-0.3, -0.25) is 0 Å². The van der Waals surface area contributed by atoms with Gasteiger partial charge in [-0.1, -0.05) is 19.1 Å². The number of benzene rings is 1. The van der Waals surface area contributed by atoms with Crippen LogP contribution in [0.15, 0.2) is 24.3 Å². The summed E-state index contributed by atoms with van der Waals surface area (Å²) in [5.41, 5.74) is 9.58. The van der Waals surface area contributed by atoms with Crippen LogP contribution < -0.4 is 10.5 Å². The summed E-state index contributed by atoms with van der Waals surface area (Å²) in [6, 6.07) is 7.89. The number of ether oxygens (including phenoxy) is 1. The number of rotatable bonds is 4. The number of nitrogens with two attached hydrogens (primary N) is 1. The van der Waals surface area contributed by atoms with Gasteiger partial charge in [-0.2, -0.15) is 0 Å². The highest BCUT2D eigenvalue weighted by Crippen LogP contribution is 2.32. The van der Waals surface area contributed by atoms with Crippen molar-refractivity contribution >= 4 is 5.82 Å². The van der Waals surface area contributed by atoms with Crippen LogP contribution in [-0.4, -0.2) is 16.8 Å². The van der Waals surface area contributed by atoms with Crippen molar-refractivity contribution in [1.29, 1.82) is 0 Å². The van der Waals surface area contributed by atoms with Crippen molar-refractivity contribution in [3.63, 3.8) is 0 Å². The normalized spacial score (nSPS) is 10.5. The lowest BCUT2D eigenvalue weighted by Gasteiger charge is -2.13. The molecule has 0 saturated carbocycles. The largest absolute Gasteiger partial charge is 0.493 e. The van der Waals surface area contributed by atoms with Crippen molar-refractivity contribution in [2.24, 2.45) is 0 Å². The number of aromatic nitrogens is 2. The highest BCUT2D eigenvalue weighted by molar-refractivity contribution is 5.71. The molecule has 0 aliphatic heterocycles. The predicted octanol–water partition coefficient (Wildman–Crippen LogP) is 3.13. The minimum atomic E-state index is 0.480. The molecule has 2 N–H and O–H groups in total. The molecule has 0 amide bonds. The van der Waals surface area contributed by atoms with Crippen LogP contribution in [0.25, 0.3) is 11.3 Å². The number of nitrogens with zero attached hydrogens (tertiary/aromatic N) is 2. The zero-order valence-corrected chi connectivity index (χ0v) is 11.6. The van der Waals surface area contributed by atoms with E-state index in [0.717, 1.165) is 34.6 Å². The van der Waals surface area contributed by atoms with Gasteiger partial charge in [0.25, 0.3) is 0 Å². The van der Waals surface area contributed by atoms with E-state index in [4.69, 9.17) is 10.5 Å². The van der Waals surface area contributed by atoms with Gasteiger partial charge in [0.05, 0.1) is 12.3 Å². The van der Waals surface area contributed by atoms with E-state index in [0.29, 0.717) is 12.4 Å². The van der Waals surface area contributed by atoms with Gasteiger partial charge in [0.2, 0.25) is 0 Å². The second-order valence-corrected chi connectivity index (χ2v) is 4.53. The van der Waals surface area contributed by atoms with Gasteiger partial charge in [0, 0.05) is 5.56 Å². The zero-order chi connectivity index (χ0) is 13.8. The minimum Gasteiger partial charge on any atom is -0.493 e. The maximum Gasteiger partial charge on any atom is 0.149 e. The van der Waals surface area contributed by atoms with Gasteiger partial charge in [0.15, 0.2) is 0 Å². The number of anilines is 1. The molecule has 0 atom stereocenters. The molecule has 2 rings (SSSR count). The summed E-state index contributed by atoms with van der Waals surface area (Å²) in [5, 5.41) is 8.23. The van der Waals surface area contributed by atoms with E-state index in [1.54, 1.807) is 0 Å². The Morgan fingerprint density at radius 2 is 1.84 bits per heavy atom. The fourth-order valence-corrected chi connectivity index (χ4v) is 1.88. The van der Waals surface area contributed by atoms with Gasteiger partial charge in [-0.05, 0) is 43.5 Å². The standard InChI is InChI=1S/C15H19N3O/c1-4-9-19-13-8-6-5-7-12(13)14-10(2)11(3)15(16)18-17-14/h5-8H,4,9H2,1-3H3,(H2,16,18). The van der Waals surface area contributed by atoms with E-state index < -0.39 is 0 Å². The minimum absolute atomic E-state index is 0.480. The summed E-state index contributed by atoms with van der Waals surface area (Å²) in [5.74, 6) is 1.32. The molecule has 19 heavy (non-hydrogen) atoms. The average Bonchev–Trinajstić information content (AvgIpc) is 2.43. The van der Waals surface area contributed by atoms with Crippen LogP contribution in [0.5, 0.6) is 5.75 Å². The Labute approximate surface area is 113 Å². The smallest absolute Gasteiger partial charge is 0.149 e. The predicted molar refractivity (Wildman–Crippen MR) is 77.1 cm³/mol. The van der Waals surface area contributed by atoms with Gasteiger partial charge in [-0.25, -0.2) is 0 Å². The highest BCUT2D eigenvalue weighted by Gasteiger charge is 2.13. The van der Waals surface area contributed by atoms with Gasteiger partial charge < -0.3 is 10.5 Å². The molecule has 1 heterocycles. The molecule has 0 spiro atoms. The number of hydrogen-bond donors (Lipinski definition) is 1. The molecule has 0 bridgehead atoms. The fourth-order valence-electron chi connectivity index (χ4n) is 1.88. The third kappa shape index (κ3) is 2.67. The molecule has 0 aliphatic rings. The van der Waals surface area contributed by atoms with Crippen LogP contribution in [0.4, 0.5) is 5.82 Å². The molecule has 1 aromatic heterocycles. The van der Waals surface area contributed by atoms with Crippen molar-refractivity contribution in [2.75, 3.05) is 12.3 Å². The maximum atomic E-state index is 5.78. The van der Waals surface area contributed by atoms with Crippen molar-refractivity contribution < 1.29 is 4.74 Å². The Kier molecular flexibility index (Phi) is 4.00. The fraction of sp³-hybridized carbons (Fsp3) is 0.333. The molecule has 1 aromatic carbocycles. The summed E-state index contributed by atoms with van der Waals surface area (Å²) in [7, 11) is 0. The third-order valence-electron chi connectivity index (χ3n) is 3.16. The topological polar surface area (TPSA) is 61.0 Å². The first-order valence-electron chi connectivity index (χ1n) is 6.46. The Morgan fingerprint density at radius 1 is 1.11 bits per heavy atom. The molecular weight excluding hydrogens is 238 g/mol. The lowest BCUT2D eigenvalue weighted by atomic mass is 10.0. The summed E-state index contributed by atoms with van der Waals surface area (Å²) in [6.07, 6.45) is 0.972. The van der Waals surface area contributed by atoms with Crippen LogP contribution in [0.2, 0.25) is 0 Å². The second kappa shape index (κ2) is 5.69. The van der Waals surface area contributed by atoms with Crippen LogP contribution >= 0.6 is 0 Å². The first kappa shape index (κ1) is 13.3. The Balaban J connectivity index is 2.50. The summed E-state index contributed by atoms with van der Waals surface area (Å²) in [6.45, 7) is 6.74. The van der Waals surface area contributed by atoms with Crippen LogP contribution in [0.3, 0.4) is 0 Å². The molecule has 100 valence electrons. The number of nitrogen functional groups attached to an aromatic ring is 1. The summed E-state index contributed by atoms with van der Waals surface area (Å²) < 4.78 is 5.77. The molecule has 0 fully saturated rings. The SMILES string of the molecule is CCCOc1ccccc1-c1nnc(N)c(C)c1C. The van der Waals surface area contributed by atoms with Gasteiger partial charge in [-0.15, -0.1) is 10.2 Å². The maximum absolute atomic E-state index is 5.78. The van der Waals surface area contributed by atoms with E-state index in [2.05, 4.69) is 17.1 Å². The molecule has 4 heteroatoms. The Bertz CT molecular complexity index is 582. The quantitative estimate of drug-likeness (QED) is 0.914. The molecule has 0 radical (unpaired) electrons. The van der Waals surface area contributed by atoms with Gasteiger partial charge >= 0.3 is 0 Å². The van der Waals surface area contributed by atoms with E-state index in [1.807, 2.05) is 38.1 Å². The highest BCUT2D eigenvalue weighted by atomic mass is 16.5. The molecule has 4 nitrogen and oxygen atoms in total. The Hall–Kier alpha value is -2.10. The van der Waals surface area contributed by atoms with Crippen molar-refractivity contribution in [2.45, 2.75) is 27.2 Å². The van der Waals surface area contributed by atoms with E-state index in [-0.39, 0.29) is 0 Å². The average molecular weight is 257 g/mol. The first-order valence-corrected chi connectivity index (χ1v) is 6.46. The molecule has 0 saturated heterocycles. The van der Waals surface area contributed by atoms with E-state index in [1.165, 1.54) is 0 Å². The van der Waals surface area contributed by atoms with Crippen LogP contribution in [-0.2, 0) is 0 Å².